The molecule has 5 heteroatoms. The third-order valence-corrected chi connectivity index (χ3v) is 11.7. The van der Waals surface area contributed by atoms with Gasteiger partial charge in [-0.25, -0.2) is 15.0 Å². The van der Waals surface area contributed by atoms with E-state index >= 15 is 0 Å². The van der Waals surface area contributed by atoms with Crippen molar-refractivity contribution in [1.82, 2.24) is 24.1 Å². The third-order valence-electron chi connectivity index (χ3n) is 11.7. The van der Waals surface area contributed by atoms with Crippen LogP contribution in [0.15, 0.2) is 212 Å². The molecule has 0 unspecified atom stereocenters. The molecule has 0 radical (unpaired) electrons. The monoisotopic (exact) mass is 765 g/mol. The van der Waals surface area contributed by atoms with E-state index in [1.165, 1.54) is 21.7 Å². The first kappa shape index (κ1) is 33.9. The Balaban J connectivity index is 1.15. The molecule has 12 aromatic rings. The SMILES string of the molecule is c1ccc(-c2nc(-c3cc(-c4cccc5c6ccccc6n(-c6ccccc6)c45)cc4ccccc34)nc(-c3cccc4c5ccccc5n(-c5ccccc5)c34)n2)cc1. The normalized spacial score (nSPS) is 11.7. The summed E-state index contributed by atoms with van der Waals surface area (Å²) in [5.41, 5.74) is 11.7. The Morgan fingerprint density at radius 1 is 0.283 bits per heavy atom. The molecule has 60 heavy (non-hydrogen) atoms. The van der Waals surface area contributed by atoms with Crippen LogP contribution in [0, 0.1) is 0 Å². The van der Waals surface area contributed by atoms with E-state index in [2.05, 4.69) is 203 Å². The summed E-state index contributed by atoms with van der Waals surface area (Å²) in [5.74, 6) is 1.85. The van der Waals surface area contributed by atoms with Crippen molar-refractivity contribution in [2.75, 3.05) is 0 Å². The molecule has 9 aromatic carbocycles. The molecule has 0 saturated carbocycles. The van der Waals surface area contributed by atoms with Crippen LogP contribution in [0.5, 0.6) is 0 Å². The average molecular weight is 766 g/mol. The predicted molar refractivity (Wildman–Crippen MR) is 248 cm³/mol. The topological polar surface area (TPSA) is 48.5 Å². The van der Waals surface area contributed by atoms with Crippen LogP contribution >= 0.6 is 0 Å². The lowest BCUT2D eigenvalue weighted by Crippen LogP contribution is -2.02. The molecule has 0 saturated heterocycles. The smallest absolute Gasteiger partial charge is 0.166 e. The molecule has 0 aliphatic heterocycles. The van der Waals surface area contributed by atoms with Crippen LogP contribution in [0.4, 0.5) is 0 Å². The van der Waals surface area contributed by atoms with Gasteiger partial charge in [-0.05, 0) is 70.9 Å². The fourth-order valence-corrected chi connectivity index (χ4v) is 9.13. The highest BCUT2D eigenvalue weighted by atomic mass is 15.0. The van der Waals surface area contributed by atoms with Gasteiger partial charge in [0.05, 0.1) is 22.1 Å². The van der Waals surface area contributed by atoms with Crippen molar-refractivity contribution in [3.05, 3.63) is 212 Å². The van der Waals surface area contributed by atoms with Gasteiger partial charge in [-0.3, -0.25) is 0 Å². The summed E-state index contributed by atoms with van der Waals surface area (Å²) in [7, 11) is 0. The maximum absolute atomic E-state index is 5.46. The lowest BCUT2D eigenvalue weighted by molar-refractivity contribution is 1.07. The summed E-state index contributed by atoms with van der Waals surface area (Å²) in [4.78, 5) is 16.1. The van der Waals surface area contributed by atoms with Gasteiger partial charge in [0.2, 0.25) is 0 Å². The van der Waals surface area contributed by atoms with Gasteiger partial charge in [-0.1, -0.05) is 158 Å². The Hall–Kier alpha value is -8.15. The number of hydrogen-bond acceptors (Lipinski definition) is 3. The number of nitrogens with zero attached hydrogens (tertiary/aromatic N) is 5. The molecule has 0 N–H and O–H groups in total. The lowest BCUT2D eigenvalue weighted by atomic mass is 9.95. The molecule has 0 bridgehead atoms. The first-order chi connectivity index (χ1) is 29.8. The Morgan fingerprint density at radius 2 is 0.733 bits per heavy atom. The van der Waals surface area contributed by atoms with Gasteiger partial charge < -0.3 is 9.13 Å². The van der Waals surface area contributed by atoms with E-state index in [-0.39, 0.29) is 0 Å². The summed E-state index contributed by atoms with van der Waals surface area (Å²) in [6.07, 6.45) is 0. The number of fused-ring (bicyclic) bond motifs is 7. The first-order valence-electron chi connectivity index (χ1n) is 20.3. The van der Waals surface area contributed by atoms with Gasteiger partial charge in [0.15, 0.2) is 17.5 Å². The van der Waals surface area contributed by atoms with Crippen LogP contribution < -0.4 is 0 Å². The van der Waals surface area contributed by atoms with Gasteiger partial charge in [0.25, 0.3) is 0 Å². The van der Waals surface area contributed by atoms with Crippen molar-refractivity contribution in [1.29, 1.82) is 0 Å². The van der Waals surface area contributed by atoms with E-state index in [0.29, 0.717) is 17.5 Å². The van der Waals surface area contributed by atoms with Crippen molar-refractivity contribution < 1.29 is 0 Å². The van der Waals surface area contributed by atoms with Gasteiger partial charge in [-0.2, -0.15) is 0 Å². The third kappa shape index (κ3) is 5.37. The second-order valence-electron chi connectivity index (χ2n) is 15.2. The maximum Gasteiger partial charge on any atom is 0.166 e. The molecule has 0 spiro atoms. The van der Waals surface area contributed by atoms with Crippen molar-refractivity contribution in [3.63, 3.8) is 0 Å². The molecule has 280 valence electrons. The minimum atomic E-state index is 0.616. The molecule has 12 rings (SSSR count). The Labute approximate surface area is 346 Å². The number of para-hydroxylation sites is 6. The molecule has 5 nitrogen and oxygen atoms in total. The van der Waals surface area contributed by atoms with Crippen LogP contribution in [-0.4, -0.2) is 24.1 Å². The van der Waals surface area contributed by atoms with Gasteiger partial charge in [-0.15, -0.1) is 0 Å². The summed E-state index contributed by atoms with van der Waals surface area (Å²) in [5, 5.41) is 6.93. The Bertz CT molecular complexity index is 3590. The second-order valence-corrected chi connectivity index (χ2v) is 15.2. The highest BCUT2D eigenvalue weighted by molar-refractivity contribution is 6.15. The van der Waals surface area contributed by atoms with E-state index in [4.69, 9.17) is 15.0 Å². The van der Waals surface area contributed by atoms with Crippen molar-refractivity contribution >= 4 is 54.4 Å². The van der Waals surface area contributed by atoms with E-state index in [1.807, 2.05) is 18.2 Å². The molecular weight excluding hydrogens is 731 g/mol. The van der Waals surface area contributed by atoms with Crippen LogP contribution in [0.1, 0.15) is 0 Å². The van der Waals surface area contributed by atoms with E-state index in [1.54, 1.807) is 0 Å². The predicted octanol–water partition coefficient (Wildman–Crippen LogP) is 13.9. The summed E-state index contributed by atoms with van der Waals surface area (Å²) < 4.78 is 4.74. The number of benzene rings is 9. The summed E-state index contributed by atoms with van der Waals surface area (Å²) in [6, 6.07) is 75.0. The van der Waals surface area contributed by atoms with Crippen LogP contribution in [0.2, 0.25) is 0 Å². The number of rotatable bonds is 6. The maximum atomic E-state index is 5.46. The van der Waals surface area contributed by atoms with Crippen molar-refractivity contribution in [3.8, 4) is 56.7 Å². The highest BCUT2D eigenvalue weighted by Gasteiger charge is 2.22. The minimum Gasteiger partial charge on any atom is -0.309 e. The zero-order valence-corrected chi connectivity index (χ0v) is 32.4. The van der Waals surface area contributed by atoms with Gasteiger partial charge in [0, 0.05) is 55.2 Å². The molecule has 3 aromatic heterocycles. The fraction of sp³-hybridized carbons (Fsp3) is 0. The summed E-state index contributed by atoms with van der Waals surface area (Å²) in [6.45, 7) is 0. The largest absolute Gasteiger partial charge is 0.309 e. The van der Waals surface area contributed by atoms with Crippen molar-refractivity contribution in [2.24, 2.45) is 0 Å². The van der Waals surface area contributed by atoms with E-state index < -0.39 is 0 Å². The summed E-state index contributed by atoms with van der Waals surface area (Å²) >= 11 is 0. The van der Waals surface area contributed by atoms with Crippen molar-refractivity contribution in [2.45, 2.75) is 0 Å². The van der Waals surface area contributed by atoms with E-state index in [0.717, 1.165) is 71.9 Å². The molecule has 0 aliphatic carbocycles. The molecule has 0 fully saturated rings. The number of hydrogen-bond donors (Lipinski definition) is 0. The zero-order chi connectivity index (χ0) is 39.6. The Kier molecular flexibility index (Phi) is 7.78. The average Bonchev–Trinajstić information content (AvgIpc) is 3.85. The first-order valence-corrected chi connectivity index (χ1v) is 20.3. The molecule has 3 heterocycles. The highest BCUT2D eigenvalue weighted by Crippen LogP contribution is 2.42. The fourth-order valence-electron chi connectivity index (χ4n) is 9.13. The standard InChI is InChI=1S/C55H35N5/c1-4-18-36(19-5-1)53-56-54(47-31-17-30-46-44-27-13-15-33-50(44)60(52(46)47)40-23-8-3-9-24-40)58-55(57-53)48-35-38(34-37-20-10-11-25-41(37)48)42-28-16-29-45-43-26-12-14-32-49(43)59(51(42)45)39-21-6-2-7-22-39/h1-35H. The van der Waals surface area contributed by atoms with Crippen LogP contribution in [-0.2, 0) is 0 Å². The van der Waals surface area contributed by atoms with Crippen LogP contribution in [0.3, 0.4) is 0 Å². The van der Waals surface area contributed by atoms with E-state index in [9.17, 15) is 0 Å². The second kappa shape index (κ2) is 13.8. The van der Waals surface area contributed by atoms with Gasteiger partial charge in [0.1, 0.15) is 0 Å². The molecule has 0 amide bonds. The molecule has 0 aliphatic rings. The van der Waals surface area contributed by atoms with Crippen LogP contribution in [0.25, 0.3) is 111 Å². The minimum absolute atomic E-state index is 0.616. The lowest BCUT2D eigenvalue weighted by Gasteiger charge is -2.15. The number of aromatic nitrogens is 5. The van der Waals surface area contributed by atoms with Gasteiger partial charge >= 0.3 is 0 Å². The Morgan fingerprint density at radius 3 is 1.35 bits per heavy atom. The molecule has 0 atom stereocenters. The quantitative estimate of drug-likeness (QED) is 0.169. The molecular formula is C55H35N5. The zero-order valence-electron chi connectivity index (χ0n) is 32.4.